The normalized spacial score (nSPS) is 18.6. The van der Waals surface area contributed by atoms with Crippen molar-refractivity contribution in [2.45, 2.75) is 36.6 Å². The van der Waals surface area contributed by atoms with E-state index in [-0.39, 0.29) is 11.9 Å². The summed E-state index contributed by atoms with van der Waals surface area (Å²) in [5, 5.41) is 17.1. The number of rotatable bonds is 12. The number of nitrogens with zero attached hydrogens (tertiary/aromatic N) is 1. The number of hydrogen-bond donors (Lipinski definition) is 4. The van der Waals surface area contributed by atoms with Gasteiger partial charge in [0.2, 0.25) is 0 Å². The molecule has 3 N–H and O–H groups in total. The predicted molar refractivity (Wildman–Crippen MR) is 140 cm³/mol. The highest BCUT2D eigenvalue weighted by Crippen LogP contribution is 2.19. The average Bonchev–Trinajstić information content (AvgIpc) is 3.24. The van der Waals surface area contributed by atoms with Gasteiger partial charge in [-0.1, -0.05) is 36.4 Å². The summed E-state index contributed by atoms with van der Waals surface area (Å²) >= 11 is 6.20. The molecule has 1 heterocycles. The molecule has 1 saturated heterocycles. The summed E-state index contributed by atoms with van der Waals surface area (Å²) in [6.45, 7) is 2.02. The van der Waals surface area contributed by atoms with Gasteiger partial charge in [0.1, 0.15) is 6.04 Å². The number of carboxylic acids is 1. The summed E-state index contributed by atoms with van der Waals surface area (Å²) < 4.78 is 0. The maximum atomic E-state index is 13.5. The van der Waals surface area contributed by atoms with E-state index in [2.05, 4.69) is 23.3 Å². The largest absolute Gasteiger partial charge is 0.480 e. The van der Waals surface area contributed by atoms with Gasteiger partial charge in [-0.05, 0) is 61.6 Å². The lowest BCUT2D eigenvalue weighted by molar-refractivity contribution is -0.142. The van der Waals surface area contributed by atoms with Gasteiger partial charge >= 0.3 is 5.97 Å². The third-order valence-corrected chi connectivity index (χ3v) is 7.21. The summed E-state index contributed by atoms with van der Waals surface area (Å²) in [5.41, 5.74) is 2.41. The molecule has 0 bridgehead atoms. The van der Waals surface area contributed by atoms with Gasteiger partial charge < -0.3 is 20.6 Å². The second kappa shape index (κ2) is 12.9. The molecule has 0 unspecified atom stereocenters. The van der Waals surface area contributed by atoms with Gasteiger partial charge in [0.15, 0.2) is 0 Å². The molecule has 1 fully saturated rings. The van der Waals surface area contributed by atoms with E-state index < -0.39 is 12.0 Å². The first-order valence-electron chi connectivity index (χ1n) is 11.3. The molecule has 0 aromatic heterocycles. The first-order chi connectivity index (χ1) is 16.0. The number of nitrogens with one attached hydrogen (secondary N) is 2. The van der Waals surface area contributed by atoms with Gasteiger partial charge in [-0.2, -0.15) is 24.4 Å². The highest BCUT2D eigenvalue weighted by molar-refractivity contribution is 7.98. The van der Waals surface area contributed by atoms with Gasteiger partial charge in [0.25, 0.3) is 5.91 Å². The number of aliphatic carboxylic acids is 1. The number of carbonyl (C=O) groups is 2. The van der Waals surface area contributed by atoms with E-state index in [0.717, 1.165) is 30.8 Å². The number of carbonyl (C=O) groups excluding carboxylic acids is 1. The molecule has 3 atom stereocenters. The van der Waals surface area contributed by atoms with Crippen molar-refractivity contribution in [2.24, 2.45) is 0 Å². The zero-order chi connectivity index (χ0) is 23.6. The summed E-state index contributed by atoms with van der Waals surface area (Å²) in [4.78, 5) is 27.2. The van der Waals surface area contributed by atoms with Crippen molar-refractivity contribution >= 4 is 42.0 Å². The van der Waals surface area contributed by atoms with Gasteiger partial charge in [0.05, 0.1) is 0 Å². The average molecular weight is 488 g/mol. The summed E-state index contributed by atoms with van der Waals surface area (Å²) in [6.07, 6.45) is 3.99. The van der Waals surface area contributed by atoms with Crippen LogP contribution in [0.15, 0.2) is 54.6 Å². The van der Waals surface area contributed by atoms with Gasteiger partial charge in [-0.3, -0.25) is 4.79 Å². The Morgan fingerprint density at radius 3 is 2.70 bits per heavy atom. The molecular weight excluding hydrogens is 454 g/mol. The molecular formula is C25H33N3O3S2. The highest BCUT2D eigenvalue weighted by atomic mass is 32.2. The highest BCUT2D eigenvalue weighted by Gasteiger charge is 2.30. The van der Waals surface area contributed by atoms with Crippen LogP contribution in [0.5, 0.6) is 0 Å². The van der Waals surface area contributed by atoms with E-state index in [4.69, 9.17) is 0 Å². The van der Waals surface area contributed by atoms with E-state index in [0.29, 0.717) is 36.0 Å². The Labute approximate surface area is 205 Å². The lowest BCUT2D eigenvalue weighted by Gasteiger charge is -2.29. The minimum Gasteiger partial charge on any atom is -0.480 e. The topological polar surface area (TPSA) is 81.7 Å². The lowest BCUT2D eigenvalue weighted by Crippen LogP contribution is -2.46. The molecule has 6 nitrogen and oxygen atoms in total. The van der Waals surface area contributed by atoms with E-state index in [1.807, 2.05) is 54.8 Å². The minimum absolute atomic E-state index is 0.255. The van der Waals surface area contributed by atoms with Gasteiger partial charge in [-0.25, -0.2) is 4.79 Å². The third kappa shape index (κ3) is 7.42. The second-order valence-electron chi connectivity index (χ2n) is 8.25. The number of amides is 1. The Hall–Kier alpha value is -2.16. The molecule has 3 rings (SSSR count). The molecule has 178 valence electrons. The van der Waals surface area contributed by atoms with Crippen LogP contribution in [0, 0.1) is 0 Å². The lowest BCUT2D eigenvalue weighted by atomic mass is 10.1. The zero-order valence-corrected chi connectivity index (χ0v) is 20.7. The molecule has 2 aromatic rings. The number of benzene rings is 2. The Bertz CT molecular complexity index is 913. The van der Waals surface area contributed by atoms with Crippen molar-refractivity contribution in [2.75, 3.05) is 37.0 Å². The minimum atomic E-state index is -0.966. The maximum absolute atomic E-state index is 13.5. The number of anilines is 1. The molecule has 0 aliphatic carbocycles. The number of thioether (sulfide) groups is 1. The van der Waals surface area contributed by atoms with Crippen LogP contribution < -0.4 is 10.6 Å². The third-order valence-electron chi connectivity index (χ3n) is 5.95. The fraction of sp³-hybridized carbons (Fsp3) is 0.440. The van der Waals surface area contributed by atoms with Crippen LogP contribution in [0.3, 0.4) is 0 Å². The van der Waals surface area contributed by atoms with Crippen LogP contribution in [0.4, 0.5) is 5.69 Å². The van der Waals surface area contributed by atoms with Crippen LogP contribution in [-0.2, 0) is 11.2 Å². The number of hydrogen-bond acceptors (Lipinski definition) is 6. The van der Waals surface area contributed by atoms with E-state index >= 15 is 0 Å². The van der Waals surface area contributed by atoms with Crippen LogP contribution >= 0.6 is 24.4 Å². The van der Waals surface area contributed by atoms with Crippen molar-refractivity contribution in [3.8, 4) is 0 Å². The molecule has 0 saturated carbocycles. The van der Waals surface area contributed by atoms with Crippen molar-refractivity contribution < 1.29 is 14.7 Å². The first-order valence-corrected chi connectivity index (χ1v) is 13.2. The predicted octanol–water partition coefficient (Wildman–Crippen LogP) is 3.65. The summed E-state index contributed by atoms with van der Waals surface area (Å²) in [5.74, 6) is -0.548. The fourth-order valence-electron chi connectivity index (χ4n) is 4.05. The van der Waals surface area contributed by atoms with Crippen molar-refractivity contribution in [3.05, 3.63) is 65.7 Å². The SMILES string of the molecule is CSCC[C@@H](C(=O)O)N(CCc1ccccc1)C(=O)c1cccc(NC[C@H]2NCC[C@H]2S)c1. The Kier molecular flexibility index (Phi) is 9.96. The molecule has 33 heavy (non-hydrogen) atoms. The molecule has 8 heteroatoms. The monoisotopic (exact) mass is 487 g/mol. The molecule has 1 amide bonds. The first kappa shape index (κ1) is 25.5. The van der Waals surface area contributed by atoms with Crippen LogP contribution in [0.25, 0.3) is 0 Å². The second-order valence-corrected chi connectivity index (χ2v) is 9.90. The van der Waals surface area contributed by atoms with E-state index in [9.17, 15) is 14.7 Å². The summed E-state index contributed by atoms with van der Waals surface area (Å²) in [6, 6.07) is 16.6. The number of thiol groups is 1. The molecule has 1 aliphatic heterocycles. The fourth-order valence-corrected chi connectivity index (χ4v) is 4.85. The van der Waals surface area contributed by atoms with Crippen LogP contribution in [-0.4, -0.2) is 70.9 Å². The maximum Gasteiger partial charge on any atom is 0.326 e. The zero-order valence-electron chi connectivity index (χ0n) is 18.9. The quantitative estimate of drug-likeness (QED) is 0.342. The summed E-state index contributed by atoms with van der Waals surface area (Å²) in [7, 11) is 0. The van der Waals surface area contributed by atoms with E-state index in [1.54, 1.807) is 17.8 Å². The molecule has 0 radical (unpaired) electrons. The van der Waals surface area contributed by atoms with E-state index in [1.165, 1.54) is 4.90 Å². The molecule has 2 aromatic carbocycles. The van der Waals surface area contributed by atoms with Crippen molar-refractivity contribution in [1.82, 2.24) is 10.2 Å². The smallest absolute Gasteiger partial charge is 0.326 e. The molecule has 1 aliphatic rings. The van der Waals surface area contributed by atoms with Crippen LogP contribution in [0.2, 0.25) is 0 Å². The van der Waals surface area contributed by atoms with Crippen molar-refractivity contribution in [3.63, 3.8) is 0 Å². The molecule has 0 spiro atoms. The van der Waals surface area contributed by atoms with Gasteiger partial charge in [-0.15, -0.1) is 0 Å². The standard InChI is InChI=1S/C25H33N3O3S2/c1-33-15-12-22(25(30)31)28(14-11-18-6-3-2-4-7-18)24(29)19-8-5-9-20(16-19)27-17-21-23(32)10-13-26-21/h2-9,16,21-23,26-27,32H,10-15,17H2,1H3,(H,30,31)/t21-,22+,23-/m1/s1. The Balaban J connectivity index is 1.76. The number of carboxylic acid groups (broad SMARTS) is 1. The Morgan fingerprint density at radius 1 is 1.24 bits per heavy atom. The Morgan fingerprint density at radius 2 is 2.03 bits per heavy atom. The van der Waals surface area contributed by atoms with Crippen molar-refractivity contribution in [1.29, 1.82) is 0 Å². The van der Waals surface area contributed by atoms with Gasteiger partial charge in [0, 0.05) is 35.6 Å². The van der Waals surface area contributed by atoms with Crippen LogP contribution in [0.1, 0.15) is 28.8 Å².